The number of hydrogen-bond donors (Lipinski definition) is 0. The second-order valence-corrected chi connectivity index (χ2v) is 10.8. The number of fused-ring (bicyclic) bond motifs is 1. The zero-order valence-electron chi connectivity index (χ0n) is 18.5. The Morgan fingerprint density at radius 3 is 2.71 bits per heavy atom. The maximum Gasteiger partial charge on any atom is 0.310 e. The third-order valence-corrected chi connectivity index (χ3v) is 9.16. The van der Waals surface area contributed by atoms with E-state index in [4.69, 9.17) is 13.9 Å². The topological polar surface area (TPSA) is 75.5 Å². The van der Waals surface area contributed by atoms with E-state index >= 15 is 0 Å². The molecule has 1 spiro atoms. The molecule has 5 fully saturated rings. The Bertz CT molecular complexity index is 894. The van der Waals surface area contributed by atoms with Crippen LogP contribution in [0.2, 0.25) is 0 Å². The number of carbonyl (C=O) groups excluding carboxylic acids is 2. The molecule has 5 aliphatic rings. The molecular weight excluding hydrogens is 396 g/mol. The fraction of sp³-hybridized carbons (Fsp3) is 0.750. The molecule has 2 saturated carbocycles. The smallest absolute Gasteiger partial charge is 0.310 e. The number of piperazine rings is 1. The van der Waals surface area contributed by atoms with Crippen molar-refractivity contribution in [2.24, 2.45) is 17.3 Å². The van der Waals surface area contributed by atoms with Crippen molar-refractivity contribution in [2.75, 3.05) is 32.7 Å². The number of epoxide rings is 1. The fourth-order valence-corrected chi connectivity index (χ4v) is 7.34. The first-order valence-electron chi connectivity index (χ1n) is 11.8. The summed E-state index contributed by atoms with van der Waals surface area (Å²) in [5.74, 6) is 0.443. The van der Waals surface area contributed by atoms with Crippen molar-refractivity contribution < 1.29 is 23.5 Å². The quantitative estimate of drug-likeness (QED) is 0.544. The van der Waals surface area contributed by atoms with E-state index in [1.54, 1.807) is 12.1 Å². The Morgan fingerprint density at radius 1 is 1.16 bits per heavy atom. The van der Waals surface area contributed by atoms with E-state index < -0.39 is 0 Å². The van der Waals surface area contributed by atoms with Gasteiger partial charge < -0.3 is 18.8 Å². The van der Waals surface area contributed by atoms with Gasteiger partial charge in [0.2, 0.25) is 0 Å². The van der Waals surface area contributed by atoms with Crippen LogP contribution < -0.4 is 0 Å². The highest BCUT2D eigenvalue weighted by molar-refractivity contribution is 5.91. The molecule has 0 aromatic carbocycles. The van der Waals surface area contributed by atoms with Gasteiger partial charge in [0.15, 0.2) is 5.76 Å². The normalized spacial score (nSPS) is 44.3. The van der Waals surface area contributed by atoms with Crippen LogP contribution in [0.4, 0.5) is 0 Å². The predicted molar refractivity (Wildman–Crippen MR) is 111 cm³/mol. The molecule has 4 heterocycles. The van der Waals surface area contributed by atoms with Crippen molar-refractivity contribution in [1.29, 1.82) is 0 Å². The van der Waals surface area contributed by atoms with Crippen molar-refractivity contribution in [3.63, 3.8) is 0 Å². The van der Waals surface area contributed by atoms with Gasteiger partial charge >= 0.3 is 5.97 Å². The van der Waals surface area contributed by atoms with Crippen molar-refractivity contribution in [3.05, 3.63) is 24.2 Å². The minimum Gasteiger partial charge on any atom is -0.462 e. The Morgan fingerprint density at radius 2 is 1.97 bits per heavy atom. The molecule has 7 heteroatoms. The van der Waals surface area contributed by atoms with Crippen LogP contribution >= 0.6 is 0 Å². The summed E-state index contributed by atoms with van der Waals surface area (Å²) in [5.41, 5.74) is 0.0347. The largest absolute Gasteiger partial charge is 0.462 e. The molecule has 7 nitrogen and oxygen atoms in total. The Kier molecular flexibility index (Phi) is 4.20. The summed E-state index contributed by atoms with van der Waals surface area (Å²) in [4.78, 5) is 29.5. The summed E-state index contributed by atoms with van der Waals surface area (Å²) in [5, 5.41) is 0. The zero-order chi connectivity index (χ0) is 21.4. The molecule has 0 N–H and O–H groups in total. The third-order valence-electron chi connectivity index (χ3n) is 9.16. The van der Waals surface area contributed by atoms with Crippen LogP contribution in [-0.2, 0) is 14.3 Å². The van der Waals surface area contributed by atoms with Crippen LogP contribution in [0.15, 0.2) is 22.8 Å². The van der Waals surface area contributed by atoms with Gasteiger partial charge in [-0.15, -0.1) is 0 Å². The van der Waals surface area contributed by atoms with Crippen molar-refractivity contribution >= 4 is 11.9 Å². The Hall–Kier alpha value is -1.86. The number of ether oxygens (including phenoxy) is 2. The van der Waals surface area contributed by atoms with Crippen LogP contribution in [0.5, 0.6) is 0 Å². The Balaban J connectivity index is 1.12. The number of amides is 1. The van der Waals surface area contributed by atoms with Gasteiger partial charge in [-0.3, -0.25) is 14.5 Å². The molecule has 6 rings (SSSR count). The molecule has 1 amide bonds. The molecule has 0 bridgehead atoms. The maximum atomic E-state index is 12.9. The summed E-state index contributed by atoms with van der Waals surface area (Å²) in [6.45, 7) is 8.18. The lowest BCUT2D eigenvalue weighted by molar-refractivity contribution is -0.146. The van der Waals surface area contributed by atoms with Crippen LogP contribution in [0.1, 0.15) is 56.5 Å². The molecule has 6 atom stereocenters. The lowest BCUT2D eigenvalue weighted by Crippen LogP contribution is -2.54. The molecule has 1 aromatic rings. The van der Waals surface area contributed by atoms with Gasteiger partial charge in [-0.05, 0) is 51.2 Å². The monoisotopic (exact) mass is 428 g/mol. The van der Waals surface area contributed by atoms with Gasteiger partial charge in [-0.2, -0.15) is 0 Å². The van der Waals surface area contributed by atoms with Crippen LogP contribution in [0, 0.1) is 17.3 Å². The second kappa shape index (κ2) is 6.58. The van der Waals surface area contributed by atoms with Gasteiger partial charge in [-0.1, -0.05) is 6.92 Å². The van der Waals surface area contributed by atoms with E-state index in [2.05, 4.69) is 18.7 Å². The predicted octanol–water partition coefficient (Wildman–Crippen LogP) is 2.71. The summed E-state index contributed by atoms with van der Waals surface area (Å²) >= 11 is 0. The van der Waals surface area contributed by atoms with Crippen molar-refractivity contribution in [1.82, 2.24) is 9.80 Å². The number of rotatable bonds is 3. The second-order valence-electron chi connectivity index (χ2n) is 10.8. The average Bonchev–Trinajstić information content (AvgIpc) is 3.06. The molecule has 1 aromatic heterocycles. The van der Waals surface area contributed by atoms with Gasteiger partial charge in [0.1, 0.15) is 11.7 Å². The van der Waals surface area contributed by atoms with Crippen molar-refractivity contribution in [3.8, 4) is 0 Å². The van der Waals surface area contributed by atoms with E-state index in [0.717, 1.165) is 32.4 Å². The molecule has 0 radical (unpaired) electrons. The lowest BCUT2D eigenvalue weighted by Gasteiger charge is -2.48. The van der Waals surface area contributed by atoms with E-state index in [-0.39, 0.29) is 46.4 Å². The first kappa shape index (κ1) is 19.8. The van der Waals surface area contributed by atoms with Gasteiger partial charge in [-0.25, -0.2) is 0 Å². The SMILES string of the molecule is C[C@]12CCC[C@@]3(C)O[C@@]13C[C@@H]1C(CN3CCN(C(=O)c4ccco4)CC3)C(=O)O[C@@H]1C2. The average molecular weight is 429 g/mol. The molecular formula is C24H32N2O5. The highest BCUT2D eigenvalue weighted by Gasteiger charge is 2.79. The Labute approximate surface area is 183 Å². The van der Waals surface area contributed by atoms with Crippen LogP contribution in [0.3, 0.4) is 0 Å². The van der Waals surface area contributed by atoms with E-state index in [1.807, 2.05) is 4.90 Å². The number of carbonyl (C=O) groups is 2. The molecule has 31 heavy (non-hydrogen) atoms. The number of furan rings is 1. The fourth-order valence-electron chi connectivity index (χ4n) is 7.34. The third kappa shape index (κ3) is 2.78. The number of nitrogens with zero attached hydrogens (tertiary/aromatic N) is 2. The van der Waals surface area contributed by atoms with E-state index in [0.29, 0.717) is 25.4 Å². The first-order valence-corrected chi connectivity index (χ1v) is 11.8. The van der Waals surface area contributed by atoms with Crippen LogP contribution in [0.25, 0.3) is 0 Å². The van der Waals surface area contributed by atoms with E-state index in [1.165, 1.54) is 19.1 Å². The van der Waals surface area contributed by atoms with Gasteiger partial charge in [0.25, 0.3) is 5.91 Å². The highest BCUT2D eigenvalue weighted by atomic mass is 16.6. The minimum absolute atomic E-state index is 0.0149. The minimum atomic E-state index is -0.0911. The van der Waals surface area contributed by atoms with Gasteiger partial charge in [0.05, 0.1) is 17.8 Å². The van der Waals surface area contributed by atoms with Gasteiger partial charge in [0, 0.05) is 44.1 Å². The standard InChI is InChI=1S/C24H32N2O5/c1-22-6-4-7-23(2)24(22,31-23)13-16-17(21(28)30-19(16)14-22)15-25-8-10-26(11-9-25)20(27)18-5-3-12-29-18/h3,5,12,16-17,19H,4,6-11,13-15H2,1-2H3/t16-,17?,19-,22-,23-,24+/m1/s1. The summed E-state index contributed by atoms with van der Waals surface area (Å²) in [7, 11) is 0. The van der Waals surface area contributed by atoms with Crippen molar-refractivity contribution in [2.45, 2.75) is 63.3 Å². The summed E-state index contributed by atoms with van der Waals surface area (Å²) in [6.07, 6.45) is 6.93. The zero-order valence-corrected chi connectivity index (χ0v) is 18.5. The molecule has 3 aliphatic heterocycles. The maximum absolute atomic E-state index is 12.9. The molecule has 1 unspecified atom stereocenters. The van der Waals surface area contributed by atoms with Crippen LogP contribution in [-0.4, -0.2) is 71.7 Å². The highest BCUT2D eigenvalue weighted by Crippen LogP contribution is 2.72. The number of hydrogen-bond acceptors (Lipinski definition) is 6. The molecule has 168 valence electrons. The summed E-state index contributed by atoms with van der Waals surface area (Å²) in [6, 6.07) is 3.44. The van der Waals surface area contributed by atoms with E-state index in [9.17, 15) is 9.59 Å². The molecule has 3 saturated heterocycles. The summed E-state index contributed by atoms with van der Waals surface area (Å²) < 4.78 is 17.7. The lowest BCUT2D eigenvalue weighted by atomic mass is 9.53. The molecule has 2 aliphatic carbocycles. The first-order chi connectivity index (χ1) is 14.8. The number of esters is 1.